The van der Waals surface area contributed by atoms with Gasteiger partial charge in [-0.15, -0.1) is 0 Å². The molecule has 0 atom stereocenters. The second-order valence-corrected chi connectivity index (χ2v) is 4.72. The average molecular weight is 285 g/mol. The summed E-state index contributed by atoms with van der Waals surface area (Å²) in [4.78, 5) is 11.2. The molecule has 2 N–H and O–H groups in total. The first-order chi connectivity index (χ1) is 10.2. The van der Waals surface area contributed by atoms with Gasteiger partial charge in [-0.3, -0.25) is 0 Å². The van der Waals surface area contributed by atoms with Crippen LogP contribution in [0.15, 0.2) is 48.5 Å². The first kappa shape index (κ1) is 15.1. The van der Waals surface area contributed by atoms with Gasteiger partial charge in [-0.2, -0.15) is 0 Å². The molecule has 21 heavy (non-hydrogen) atoms. The van der Waals surface area contributed by atoms with E-state index in [4.69, 9.17) is 4.74 Å². The van der Waals surface area contributed by atoms with E-state index in [9.17, 15) is 9.90 Å². The number of anilines is 1. The van der Waals surface area contributed by atoms with Gasteiger partial charge in [-0.1, -0.05) is 36.4 Å². The van der Waals surface area contributed by atoms with Crippen LogP contribution in [0, 0.1) is 0 Å². The molecule has 0 fully saturated rings. The lowest BCUT2D eigenvalue weighted by Gasteiger charge is -2.13. The molecule has 4 heteroatoms. The first-order valence-corrected chi connectivity index (χ1v) is 6.84. The zero-order valence-electron chi connectivity index (χ0n) is 12.0. The van der Waals surface area contributed by atoms with Gasteiger partial charge >= 0.3 is 5.97 Å². The van der Waals surface area contributed by atoms with Crippen LogP contribution in [-0.2, 0) is 17.7 Å². The molecule has 0 bridgehead atoms. The van der Waals surface area contributed by atoms with E-state index >= 15 is 0 Å². The van der Waals surface area contributed by atoms with Gasteiger partial charge < -0.3 is 15.2 Å². The molecule has 0 aromatic heterocycles. The number of carbonyl (C=O) groups is 1. The van der Waals surface area contributed by atoms with Crippen LogP contribution < -0.4 is 5.32 Å². The molecule has 0 radical (unpaired) electrons. The van der Waals surface area contributed by atoms with Gasteiger partial charge in [0.2, 0.25) is 0 Å². The number of nitrogens with one attached hydrogen (secondary N) is 1. The molecule has 2 rings (SSSR count). The standard InChI is InChI=1S/C17H19NO3/c1-21-11-10-13-6-3-5-9-16(13)18-12-14-7-2-4-8-15(14)17(19)20/h2-9,18H,10-12H2,1H3,(H,19,20). The Morgan fingerprint density at radius 2 is 1.76 bits per heavy atom. The van der Waals surface area contributed by atoms with Crippen LogP contribution in [0.3, 0.4) is 0 Å². The molecule has 0 aliphatic carbocycles. The number of aromatic carboxylic acids is 1. The average Bonchev–Trinajstić information content (AvgIpc) is 2.52. The second kappa shape index (κ2) is 7.45. The molecule has 0 unspecified atom stereocenters. The SMILES string of the molecule is COCCc1ccccc1NCc1ccccc1C(=O)O. The molecule has 2 aromatic rings. The summed E-state index contributed by atoms with van der Waals surface area (Å²) in [5, 5.41) is 12.5. The van der Waals surface area contributed by atoms with Crippen molar-refractivity contribution in [2.75, 3.05) is 19.0 Å². The largest absolute Gasteiger partial charge is 0.478 e. The Labute approximate surface area is 124 Å². The summed E-state index contributed by atoms with van der Waals surface area (Å²) in [6.07, 6.45) is 0.820. The number of hydrogen-bond donors (Lipinski definition) is 2. The molecule has 4 nitrogen and oxygen atoms in total. The lowest BCUT2D eigenvalue weighted by molar-refractivity contribution is 0.0696. The lowest BCUT2D eigenvalue weighted by atomic mass is 10.1. The zero-order chi connectivity index (χ0) is 15.1. The smallest absolute Gasteiger partial charge is 0.336 e. The minimum Gasteiger partial charge on any atom is -0.478 e. The van der Waals surface area contributed by atoms with Gasteiger partial charge in [0, 0.05) is 19.3 Å². The fraction of sp³-hybridized carbons (Fsp3) is 0.235. The van der Waals surface area contributed by atoms with E-state index in [1.807, 2.05) is 36.4 Å². The fourth-order valence-electron chi connectivity index (χ4n) is 2.20. The Morgan fingerprint density at radius 3 is 2.48 bits per heavy atom. The maximum absolute atomic E-state index is 11.2. The van der Waals surface area contributed by atoms with Gasteiger partial charge in [-0.05, 0) is 29.7 Å². The maximum Gasteiger partial charge on any atom is 0.336 e. The van der Waals surface area contributed by atoms with Crippen LogP contribution >= 0.6 is 0 Å². The number of methoxy groups -OCH3 is 1. The Morgan fingerprint density at radius 1 is 1.10 bits per heavy atom. The van der Waals surface area contributed by atoms with Crippen LogP contribution in [0.1, 0.15) is 21.5 Å². The molecular formula is C17H19NO3. The van der Waals surface area contributed by atoms with Crippen molar-refractivity contribution in [1.29, 1.82) is 0 Å². The molecule has 0 saturated heterocycles. The number of ether oxygens (including phenoxy) is 1. The number of carboxylic acid groups (broad SMARTS) is 1. The van der Waals surface area contributed by atoms with Crippen molar-refractivity contribution < 1.29 is 14.6 Å². The predicted octanol–water partition coefficient (Wildman–Crippen LogP) is 3.19. The van der Waals surface area contributed by atoms with Crippen molar-refractivity contribution in [3.63, 3.8) is 0 Å². The predicted molar refractivity (Wildman–Crippen MR) is 82.8 cm³/mol. The Bertz CT molecular complexity index is 610. The summed E-state index contributed by atoms with van der Waals surface area (Å²) >= 11 is 0. The normalized spacial score (nSPS) is 10.3. The third-order valence-electron chi connectivity index (χ3n) is 3.31. The topological polar surface area (TPSA) is 58.6 Å². The molecule has 110 valence electrons. The molecule has 0 aliphatic rings. The van der Waals surface area contributed by atoms with Crippen LogP contribution in [0.25, 0.3) is 0 Å². The minimum atomic E-state index is -0.903. The number of rotatable bonds is 7. The zero-order valence-corrected chi connectivity index (χ0v) is 12.0. The third kappa shape index (κ3) is 4.07. The monoisotopic (exact) mass is 285 g/mol. The summed E-state index contributed by atoms with van der Waals surface area (Å²) in [7, 11) is 1.68. The summed E-state index contributed by atoms with van der Waals surface area (Å²) in [6.45, 7) is 1.14. The van der Waals surface area contributed by atoms with Crippen LogP contribution in [0.4, 0.5) is 5.69 Å². The van der Waals surface area contributed by atoms with E-state index in [2.05, 4.69) is 5.32 Å². The van der Waals surface area contributed by atoms with Gasteiger partial charge in [0.1, 0.15) is 0 Å². The molecular weight excluding hydrogens is 266 g/mol. The van der Waals surface area contributed by atoms with Crippen molar-refractivity contribution in [1.82, 2.24) is 0 Å². The van der Waals surface area contributed by atoms with Gasteiger partial charge in [-0.25, -0.2) is 4.79 Å². The van der Waals surface area contributed by atoms with Crippen LogP contribution in [0.2, 0.25) is 0 Å². The molecule has 2 aromatic carbocycles. The number of carboxylic acids is 1. The summed E-state index contributed by atoms with van der Waals surface area (Å²) < 4.78 is 5.11. The number of para-hydroxylation sites is 1. The van der Waals surface area contributed by atoms with Crippen LogP contribution in [-0.4, -0.2) is 24.8 Å². The maximum atomic E-state index is 11.2. The van der Waals surface area contributed by atoms with E-state index in [0.29, 0.717) is 18.7 Å². The Balaban J connectivity index is 2.12. The Hall–Kier alpha value is -2.33. The summed E-state index contributed by atoms with van der Waals surface area (Å²) in [6, 6.07) is 15.0. The van der Waals surface area contributed by atoms with Gasteiger partial charge in [0.15, 0.2) is 0 Å². The summed E-state index contributed by atoms with van der Waals surface area (Å²) in [5.74, 6) is -0.903. The lowest BCUT2D eigenvalue weighted by Crippen LogP contribution is -2.08. The van der Waals surface area contributed by atoms with E-state index in [1.54, 1.807) is 19.2 Å². The highest BCUT2D eigenvalue weighted by Gasteiger charge is 2.09. The quantitative estimate of drug-likeness (QED) is 0.820. The minimum absolute atomic E-state index is 0.333. The molecule has 0 amide bonds. The van der Waals surface area contributed by atoms with Gasteiger partial charge in [0.25, 0.3) is 0 Å². The second-order valence-electron chi connectivity index (χ2n) is 4.72. The highest BCUT2D eigenvalue weighted by molar-refractivity contribution is 5.89. The van der Waals surface area contributed by atoms with E-state index in [-0.39, 0.29) is 0 Å². The molecule has 0 heterocycles. The Kier molecular flexibility index (Phi) is 5.35. The molecule has 0 saturated carbocycles. The molecule has 0 aliphatic heterocycles. The third-order valence-corrected chi connectivity index (χ3v) is 3.31. The van der Waals surface area contributed by atoms with E-state index in [1.165, 1.54) is 0 Å². The fourth-order valence-corrected chi connectivity index (χ4v) is 2.20. The summed E-state index contributed by atoms with van der Waals surface area (Å²) in [5.41, 5.74) is 3.27. The van der Waals surface area contributed by atoms with Crippen molar-refractivity contribution in [3.8, 4) is 0 Å². The van der Waals surface area contributed by atoms with E-state index in [0.717, 1.165) is 23.2 Å². The van der Waals surface area contributed by atoms with Crippen LogP contribution in [0.5, 0.6) is 0 Å². The first-order valence-electron chi connectivity index (χ1n) is 6.84. The number of benzene rings is 2. The van der Waals surface area contributed by atoms with E-state index < -0.39 is 5.97 Å². The highest BCUT2D eigenvalue weighted by atomic mass is 16.5. The van der Waals surface area contributed by atoms with Crippen molar-refractivity contribution >= 4 is 11.7 Å². The highest BCUT2D eigenvalue weighted by Crippen LogP contribution is 2.18. The molecule has 0 spiro atoms. The van der Waals surface area contributed by atoms with Crippen molar-refractivity contribution in [3.05, 3.63) is 65.2 Å². The van der Waals surface area contributed by atoms with Gasteiger partial charge in [0.05, 0.1) is 12.2 Å². The van der Waals surface area contributed by atoms with Crippen molar-refractivity contribution in [2.45, 2.75) is 13.0 Å². The number of hydrogen-bond acceptors (Lipinski definition) is 3. The van der Waals surface area contributed by atoms with Crippen molar-refractivity contribution in [2.24, 2.45) is 0 Å².